The van der Waals surface area contributed by atoms with E-state index in [9.17, 15) is 4.79 Å². The maximum absolute atomic E-state index is 12.3. The molecule has 2 N–H and O–H groups in total. The van der Waals surface area contributed by atoms with Crippen LogP contribution in [0.15, 0.2) is 42.0 Å². The molecule has 0 bridgehead atoms. The predicted molar refractivity (Wildman–Crippen MR) is 87.3 cm³/mol. The molecule has 0 aliphatic heterocycles. The fourth-order valence-corrected chi connectivity index (χ4v) is 3.21. The van der Waals surface area contributed by atoms with E-state index in [0.29, 0.717) is 12.2 Å². The van der Waals surface area contributed by atoms with Crippen molar-refractivity contribution in [3.05, 3.63) is 59.0 Å². The van der Waals surface area contributed by atoms with Crippen molar-refractivity contribution in [1.82, 2.24) is 19.7 Å². The molecule has 1 amide bonds. The Bertz CT molecular complexity index is 950. The number of carbonyl (C=O) groups is 1. The maximum atomic E-state index is 12.3. The molecule has 0 spiro atoms. The van der Waals surface area contributed by atoms with Crippen LogP contribution in [0.2, 0.25) is 0 Å². The van der Waals surface area contributed by atoms with Gasteiger partial charge in [-0.15, -0.1) is 11.3 Å². The first kappa shape index (κ1) is 13.1. The average molecular weight is 310 g/mol. The molecule has 4 rings (SSSR count). The van der Waals surface area contributed by atoms with Gasteiger partial charge in [0.2, 0.25) is 0 Å². The third-order valence-corrected chi connectivity index (χ3v) is 4.37. The van der Waals surface area contributed by atoms with Crippen molar-refractivity contribution in [2.24, 2.45) is 0 Å². The summed E-state index contributed by atoms with van der Waals surface area (Å²) in [6.07, 6.45) is 3.89. The standard InChI is InChI=1S/C16H14N4OS/c1-10-2-3-11-7-14(19-13(11)6-10)15(21)17-8-12-9-20-4-5-22-16(20)18-12/h2-7,9,19H,8H2,1H3,(H,17,21). The number of hydrogen-bond donors (Lipinski definition) is 2. The first-order chi connectivity index (χ1) is 10.7. The molecule has 0 saturated heterocycles. The van der Waals surface area contributed by atoms with E-state index in [-0.39, 0.29) is 5.91 Å². The van der Waals surface area contributed by atoms with E-state index in [1.54, 1.807) is 11.3 Å². The summed E-state index contributed by atoms with van der Waals surface area (Å²) in [5.74, 6) is -0.120. The second-order valence-electron chi connectivity index (χ2n) is 5.28. The van der Waals surface area contributed by atoms with Gasteiger partial charge in [-0.25, -0.2) is 4.98 Å². The van der Waals surface area contributed by atoms with E-state index < -0.39 is 0 Å². The second kappa shape index (κ2) is 4.99. The van der Waals surface area contributed by atoms with Crippen LogP contribution in [0.1, 0.15) is 21.7 Å². The molecule has 22 heavy (non-hydrogen) atoms. The molecular weight excluding hydrogens is 296 g/mol. The first-order valence-electron chi connectivity index (χ1n) is 6.98. The average Bonchev–Trinajstić information content (AvgIpc) is 3.17. The fourth-order valence-electron chi connectivity index (χ4n) is 2.49. The summed E-state index contributed by atoms with van der Waals surface area (Å²) in [5.41, 5.74) is 3.57. The third kappa shape index (κ3) is 2.27. The van der Waals surface area contributed by atoms with E-state index in [0.717, 1.165) is 21.6 Å². The van der Waals surface area contributed by atoms with Crippen molar-refractivity contribution in [3.8, 4) is 0 Å². The van der Waals surface area contributed by atoms with Gasteiger partial charge >= 0.3 is 0 Å². The van der Waals surface area contributed by atoms with Crippen LogP contribution in [-0.4, -0.2) is 20.3 Å². The smallest absolute Gasteiger partial charge is 0.268 e. The third-order valence-electron chi connectivity index (χ3n) is 3.60. The van der Waals surface area contributed by atoms with Gasteiger partial charge < -0.3 is 10.3 Å². The highest BCUT2D eigenvalue weighted by atomic mass is 32.1. The Morgan fingerprint density at radius 2 is 2.32 bits per heavy atom. The van der Waals surface area contributed by atoms with Crippen LogP contribution in [0.5, 0.6) is 0 Å². The van der Waals surface area contributed by atoms with Gasteiger partial charge in [0.15, 0.2) is 4.96 Å². The summed E-state index contributed by atoms with van der Waals surface area (Å²) in [6.45, 7) is 2.45. The van der Waals surface area contributed by atoms with E-state index in [1.807, 2.05) is 53.4 Å². The molecule has 1 aromatic carbocycles. The van der Waals surface area contributed by atoms with E-state index in [1.165, 1.54) is 5.56 Å². The monoisotopic (exact) mass is 310 g/mol. The lowest BCUT2D eigenvalue weighted by atomic mass is 10.2. The maximum Gasteiger partial charge on any atom is 0.268 e. The van der Waals surface area contributed by atoms with Crippen LogP contribution < -0.4 is 5.32 Å². The van der Waals surface area contributed by atoms with Gasteiger partial charge in [-0.2, -0.15) is 0 Å². The highest BCUT2D eigenvalue weighted by Gasteiger charge is 2.10. The molecule has 4 aromatic rings. The summed E-state index contributed by atoms with van der Waals surface area (Å²) in [7, 11) is 0. The number of aromatic nitrogens is 3. The molecule has 6 heteroatoms. The molecule has 0 unspecified atom stereocenters. The van der Waals surface area contributed by atoms with Gasteiger partial charge in [0, 0.05) is 28.7 Å². The molecule has 0 radical (unpaired) electrons. The minimum atomic E-state index is -0.120. The topological polar surface area (TPSA) is 62.2 Å². The molecular formula is C16H14N4OS. The number of carbonyl (C=O) groups excluding carboxylic acids is 1. The van der Waals surface area contributed by atoms with Crippen molar-refractivity contribution in [3.63, 3.8) is 0 Å². The van der Waals surface area contributed by atoms with E-state index >= 15 is 0 Å². The Morgan fingerprint density at radius 3 is 3.18 bits per heavy atom. The predicted octanol–water partition coefficient (Wildman–Crippen LogP) is 3.12. The number of imidazole rings is 1. The van der Waals surface area contributed by atoms with E-state index in [2.05, 4.69) is 15.3 Å². The van der Waals surface area contributed by atoms with Crippen LogP contribution in [0.3, 0.4) is 0 Å². The van der Waals surface area contributed by atoms with E-state index in [4.69, 9.17) is 0 Å². The molecule has 5 nitrogen and oxygen atoms in total. The largest absolute Gasteiger partial charge is 0.351 e. The number of thiazole rings is 1. The Balaban J connectivity index is 1.51. The molecule has 0 saturated carbocycles. The van der Waals surface area contributed by atoms with Gasteiger partial charge in [0.1, 0.15) is 5.69 Å². The van der Waals surface area contributed by atoms with Gasteiger partial charge in [-0.3, -0.25) is 9.20 Å². The minimum Gasteiger partial charge on any atom is -0.351 e. The number of aryl methyl sites for hydroxylation is 1. The lowest BCUT2D eigenvalue weighted by molar-refractivity contribution is 0.0946. The second-order valence-corrected chi connectivity index (χ2v) is 6.15. The SMILES string of the molecule is Cc1ccc2cc(C(=O)NCc3cn4ccsc4n3)[nH]c2c1. The number of amides is 1. The number of nitrogens with zero attached hydrogens (tertiary/aromatic N) is 2. The minimum absolute atomic E-state index is 0.120. The van der Waals surface area contributed by atoms with Crippen molar-refractivity contribution < 1.29 is 4.79 Å². The van der Waals surface area contributed by atoms with Crippen LogP contribution in [0.25, 0.3) is 15.9 Å². The zero-order valence-electron chi connectivity index (χ0n) is 12.0. The zero-order chi connectivity index (χ0) is 15.1. The number of aromatic amines is 1. The molecule has 3 aromatic heterocycles. The molecule has 0 aliphatic carbocycles. The number of rotatable bonds is 3. The Morgan fingerprint density at radius 1 is 1.41 bits per heavy atom. The first-order valence-corrected chi connectivity index (χ1v) is 7.86. The molecule has 3 heterocycles. The van der Waals surface area contributed by atoms with Crippen molar-refractivity contribution in [2.45, 2.75) is 13.5 Å². The number of fused-ring (bicyclic) bond motifs is 2. The molecule has 110 valence electrons. The van der Waals surface area contributed by atoms with Gasteiger partial charge in [-0.1, -0.05) is 12.1 Å². The van der Waals surface area contributed by atoms with Gasteiger partial charge in [0.25, 0.3) is 5.91 Å². The Hall–Kier alpha value is -2.60. The molecule has 0 aliphatic rings. The van der Waals surface area contributed by atoms with Crippen LogP contribution >= 0.6 is 11.3 Å². The lowest BCUT2D eigenvalue weighted by Gasteiger charge is -2.00. The summed E-state index contributed by atoms with van der Waals surface area (Å²) >= 11 is 1.58. The quantitative estimate of drug-likeness (QED) is 0.611. The summed E-state index contributed by atoms with van der Waals surface area (Å²) < 4.78 is 1.96. The fraction of sp³-hybridized carbons (Fsp3) is 0.125. The lowest BCUT2D eigenvalue weighted by Crippen LogP contribution is -2.23. The normalized spacial score (nSPS) is 11.3. The number of nitrogens with one attached hydrogen (secondary N) is 2. The van der Waals surface area contributed by atoms with Gasteiger partial charge in [-0.05, 0) is 24.6 Å². The van der Waals surface area contributed by atoms with Crippen LogP contribution in [-0.2, 0) is 6.54 Å². The number of H-pyrrole nitrogens is 1. The van der Waals surface area contributed by atoms with Crippen LogP contribution in [0.4, 0.5) is 0 Å². The van der Waals surface area contributed by atoms with Gasteiger partial charge in [0.05, 0.1) is 12.2 Å². The summed E-state index contributed by atoms with van der Waals surface area (Å²) in [5, 5.41) is 5.92. The van der Waals surface area contributed by atoms with Crippen molar-refractivity contribution >= 4 is 33.1 Å². The highest BCUT2D eigenvalue weighted by molar-refractivity contribution is 7.15. The molecule has 0 atom stereocenters. The number of hydrogen-bond acceptors (Lipinski definition) is 3. The van der Waals surface area contributed by atoms with Crippen molar-refractivity contribution in [2.75, 3.05) is 0 Å². The van der Waals surface area contributed by atoms with Crippen LogP contribution in [0, 0.1) is 6.92 Å². The van der Waals surface area contributed by atoms with Crippen molar-refractivity contribution in [1.29, 1.82) is 0 Å². The summed E-state index contributed by atoms with van der Waals surface area (Å²) in [4.78, 5) is 20.8. The Labute approximate surface area is 130 Å². The summed E-state index contributed by atoms with van der Waals surface area (Å²) in [6, 6.07) is 7.96. The number of benzene rings is 1. The molecule has 0 fully saturated rings. The zero-order valence-corrected chi connectivity index (χ0v) is 12.8. The Kier molecular flexibility index (Phi) is 2.97. The highest BCUT2D eigenvalue weighted by Crippen LogP contribution is 2.17.